The van der Waals surface area contributed by atoms with Gasteiger partial charge in [0.1, 0.15) is 0 Å². The summed E-state index contributed by atoms with van der Waals surface area (Å²) in [6, 6.07) is 8.11. The van der Waals surface area contributed by atoms with E-state index in [-0.39, 0.29) is 38.3 Å². The molecule has 0 fully saturated rings. The Morgan fingerprint density at radius 1 is 1.50 bits per heavy atom. The van der Waals surface area contributed by atoms with E-state index in [2.05, 4.69) is 16.0 Å². The van der Waals surface area contributed by atoms with Gasteiger partial charge in [-0.15, -0.1) is 6.07 Å². The molecule has 0 saturated heterocycles. The monoisotopic (exact) mass is 234 g/mol. The van der Waals surface area contributed by atoms with Crippen molar-refractivity contribution in [1.29, 1.82) is 0 Å². The van der Waals surface area contributed by atoms with Crippen LogP contribution >= 0.6 is 0 Å². The van der Waals surface area contributed by atoms with E-state index in [1.54, 1.807) is 18.2 Å². The topological polar surface area (TPSA) is 45.8 Å². The predicted molar refractivity (Wildman–Crippen MR) is 41.2 cm³/mol. The van der Waals surface area contributed by atoms with Gasteiger partial charge in [-0.2, -0.15) is 18.2 Å². The van der Waals surface area contributed by atoms with E-state index < -0.39 is 0 Å². The summed E-state index contributed by atoms with van der Waals surface area (Å²) in [6.45, 7) is 0. The van der Waals surface area contributed by atoms with E-state index in [9.17, 15) is 4.79 Å². The third-order valence-electron chi connectivity index (χ3n) is 1.42. The van der Waals surface area contributed by atoms with Gasteiger partial charge in [0.05, 0.1) is 6.20 Å². The molecule has 57 valence electrons. The Morgan fingerprint density at radius 3 is 3.17 bits per heavy atom. The molecule has 1 aromatic heterocycles. The summed E-state index contributed by atoms with van der Waals surface area (Å²) >= 11 is 0. The van der Waals surface area contributed by atoms with Gasteiger partial charge in [0.2, 0.25) is 0 Å². The number of nitrogens with one attached hydrogen (secondary N) is 1. The fourth-order valence-corrected chi connectivity index (χ4v) is 0.928. The maximum atomic E-state index is 10.8. The van der Waals surface area contributed by atoms with E-state index in [0.29, 0.717) is 0 Å². The second kappa shape index (κ2) is 3.92. The Bertz CT molecular complexity index is 438. The van der Waals surface area contributed by atoms with Crippen molar-refractivity contribution in [3.63, 3.8) is 0 Å². The maximum Gasteiger partial charge on any atom is 0.255 e. The van der Waals surface area contributed by atoms with Crippen molar-refractivity contribution in [2.24, 2.45) is 0 Å². The number of hydrogen-bond acceptors (Lipinski definition) is 2. The third kappa shape index (κ3) is 1.79. The molecule has 1 aromatic carbocycles. The first-order valence-electron chi connectivity index (χ1n) is 3.21. The average Bonchev–Trinajstić information content (AvgIpc) is 2.04. The van der Waals surface area contributed by atoms with Gasteiger partial charge in [-0.3, -0.25) is 9.78 Å². The molecule has 0 saturated carbocycles. The molecule has 0 amide bonds. The Hall–Kier alpha value is -0.536. The Labute approximate surface area is 94.1 Å². The summed E-state index contributed by atoms with van der Waals surface area (Å²) in [4.78, 5) is 17.3. The number of aromatic nitrogens is 2. The zero-order chi connectivity index (χ0) is 7.68. The molecule has 0 aliphatic rings. The molecule has 0 aliphatic carbocycles. The van der Waals surface area contributed by atoms with Gasteiger partial charge in [0, 0.05) is 32.7 Å². The van der Waals surface area contributed by atoms with Crippen LogP contribution in [0.4, 0.5) is 0 Å². The van der Waals surface area contributed by atoms with Crippen molar-refractivity contribution in [1.82, 2.24) is 9.97 Å². The molecule has 0 aliphatic heterocycles. The molecule has 0 spiro atoms. The van der Waals surface area contributed by atoms with Crippen LogP contribution in [0, 0.1) is 6.07 Å². The molecular weight excluding hydrogens is 229 g/mol. The zero-order valence-corrected chi connectivity index (χ0v) is 9.08. The first-order chi connectivity index (χ1) is 5.36. The number of H-pyrrole nitrogens is 1. The maximum absolute atomic E-state index is 10.8. The minimum absolute atomic E-state index is 0. The Kier molecular flexibility index (Phi) is 3.12. The fraction of sp³-hybridized carbons (Fsp3) is 0. The van der Waals surface area contributed by atoms with E-state index in [0.717, 1.165) is 11.0 Å². The summed E-state index contributed by atoms with van der Waals surface area (Å²) in [5.41, 5.74) is 1.32. The van der Waals surface area contributed by atoms with Crippen LogP contribution < -0.4 is 5.56 Å². The van der Waals surface area contributed by atoms with Crippen molar-refractivity contribution < 1.29 is 32.7 Å². The average molecular weight is 234 g/mol. The van der Waals surface area contributed by atoms with Crippen LogP contribution in [-0.2, 0) is 32.7 Å². The zero-order valence-electron chi connectivity index (χ0n) is 6.24. The molecule has 3 nitrogen and oxygen atoms in total. The molecule has 4 heteroatoms. The minimum Gasteiger partial charge on any atom is -0.373 e. The van der Waals surface area contributed by atoms with Crippen LogP contribution in [0.1, 0.15) is 0 Å². The molecule has 1 N–H and O–H groups in total. The van der Waals surface area contributed by atoms with Crippen molar-refractivity contribution in [3.05, 3.63) is 40.8 Å². The van der Waals surface area contributed by atoms with Crippen LogP contribution in [0.25, 0.3) is 11.0 Å². The van der Waals surface area contributed by atoms with Gasteiger partial charge < -0.3 is 4.98 Å². The van der Waals surface area contributed by atoms with Gasteiger partial charge in [-0.25, -0.2) is 0 Å². The standard InChI is InChI=1S/C8H5N2O.Y/c11-8-5-9-6-3-1-2-4-7(6)10-8;/h1,3-5H,(H,10,11);/q-1;. The fourth-order valence-electron chi connectivity index (χ4n) is 0.928. The van der Waals surface area contributed by atoms with Crippen LogP contribution in [0.5, 0.6) is 0 Å². The van der Waals surface area contributed by atoms with E-state index >= 15 is 0 Å². The number of nitrogens with zero attached hydrogens (tertiary/aromatic N) is 1. The molecule has 1 heterocycles. The van der Waals surface area contributed by atoms with Crippen molar-refractivity contribution in [2.75, 3.05) is 0 Å². The van der Waals surface area contributed by atoms with Crippen molar-refractivity contribution in [3.8, 4) is 0 Å². The summed E-state index contributed by atoms with van der Waals surface area (Å²) in [5, 5.41) is 0. The molecule has 1 radical (unpaired) electrons. The van der Waals surface area contributed by atoms with Gasteiger partial charge in [0.25, 0.3) is 5.56 Å². The van der Waals surface area contributed by atoms with E-state index in [4.69, 9.17) is 0 Å². The number of benzene rings is 1. The summed E-state index contributed by atoms with van der Waals surface area (Å²) in [5.74, 6) is 0. The molecular formula is C8H5N2OY-. The molecule has 12 heavy (non-hydrogen) atoms. The second-order valence-electron chi connectivity index (χ2n) is 2.19. The van der Waals surface area contributed by atoms with Gasteiger partial charge in [0.15, 0.2) is 0 Å². The Balaban J connectivity index is 0.000000720. The number of aromatic amines is 1. The first kappa shape index (κ1) is 9.55. The molecule has 0 bridgehead atoms. The predicted octanol–water partition coefficient (Wildman–Crippen LogP) is 0.721. The third-order valence-corrected chi connectivity index (χ3v) is 1.42. The Morgan fingerprint density at radius 2 is 2.33 bits per heavy atom. The number of rotatable bonds is 0. The minimum atomic E-state index is -0.183. The van der Waals surface area contributed by atoms with Crippen LogP contribution in [-0.4, -0.2) is 9.97 Å². The summed E-state index contributed by atoms with van der Waals surface area (Å²) in [7, 11) is 0. The summed E-state index contributed by atoms with van der Waals surface area (Å²) < 4.78 is 0. The smallest absolute Gasteiger partial charge is 0.255 e. The molecule has 2 aromatic rings. The van der Waals surface area contributed by atoms with Crippen LogP contribution in [0.2, 0.25) is 0 Å². The molecule has 2 rings (SSSR count). The van der Waals surface area contributed by atoms with Crippen LogP contribution in [0.15, 0.2) is 29.2 Å². The van der Waals surface area contributed by atoms with Crippen molar-refractivity contribution >= 4 is 11.0 Å². The van der Waals surface area contributed by atoms with E-state index in [1.165, 1.54) is 6.20 Å². The normalized spacial score (nSPS) is 9.33. The number of hydrogen-bond donors (Lipinski definition) is 1. The van der Waals surface area contributed by atoms with Gasteiger partial charge >= 0.3 is 0 Å². The van der Waals surface area contributed by atoms with E-state index in [1.807, 2.05) is 0 Å². The number of fused-ring (bicyclic) bond motifs is 1. The quantitative estimate of drug-likeness (QED) is 0.682. The van der Waals surface area contributed by atoms with Gasteiger partial charge in [-0.1, -0.05) is 0 Å². The van der Waals surface area contributed by atoms with Gasteiger partial charge in [-0.05, 0) is 11.0 Å². The molecule has 0 atom stereocenters. The van der Waals surface area contributed by atoms with Crippen LogP contribution in [0.3, 0.4) is 0 Å². The first-order valence-corrected chi connectivity index (χ1v) is 3.21. The summed E-state index contributed by atoms with van der Waals surface area (Å²) in [6.07, 6.45) is 1.27. The van der Waals surface area contributed by atoms with Crippen molar-refractivity contribution in [2.45, 2.75) is 0 Å². The SMILES string of the molecule is O=c1cnc2cc[c-]cc2[nH]1.[Y]. The molecule has 0 unspecified atom stereocenters. The second-order valence-corrected chi connectivity index (χ2v) is 2.19. The largest absolute Gasteiger partial charge is 0.373 e.